The Bertz CT molecular complexity index is 551. The molecule has 2 aromatic rings. The van der Waals surface area contributed by atoms with Gasteiger partial charge in [0.25, 0.3) is 0 Å². The van der Waals surface area contributed by atoms with E-state index in [9.17, 15) is 10.1 Å². The third-order valence-electron chi connectivity index (χ3n) is 2.57. The van der Waals surface area contributed by atoms with E-state index in [0.717, 1.165) is 10.0 Å². The van der Waals surface area contributed by atoms with Gasteiger partial charge in [0.05, 0.1) is 12.1 Å². The van der Waals surface area contributed by atoms with E-state index in [0.29, 0.717) is 5.76 Å². The highest BCUT2D eigenvalue weighted by atomic mass is 79.9. The van der Waals surface area contributed by atoms with Crippen LogP contribution in [0.1, 0.15) is 17.4 Å². The number of hydrogen-bond donors (Lipinski definition) is 1. The molecule has 0 spiro atoms. The van der Waals surface area contributed by atoms with E-state index in [-0.39, 0.29) is 11.9 Å². The fourth-order valence-electron chi connectivity index (χ4n) is 1.72. The van der Waals surface area contributed by atoms with Crippen molar-refractivity contribution in [1.29, 1.82) is 0 Å². The standard InChI is InChI=1S/C12H11BrN2O3/c1-14-12(8-2-4-9(13)5-3-8)10-6-7-11(18-10)15(16)17/h2-7,12,14H,1H3. The van der Waals surface area contributed by atoms with Crippen LogP contribution in [-0.4, -0.2) is 12.0 Å². The fourth-order valence-corrected chi connectivity index (χ4v) is 1.99. The van der Waals surface area contributed by atoms with Crippen molar-refractivity contribution in [2.45, 2.75) is 6.04 Å². The van der Waals surface area contributed by atoms with Crippen LogP contribution >= 0.6 is 15.9 Å². The number of halogens is 1. The predicted octanol–water partition coefficient (Wildman–Crippen LogP) is 3.26. The van der Waals surface area contributed by atoms with E-state index in [1.54, 1.807) is 13.1 Å². The van der Waals surface area contributed by atoms with E-state index in [1.807, 2.05) is 24.3 Å². The van der Waals surface area contributed by atoms with E-state index in [1.165, 1.54) is 6.07 Å². The third kappa shape index (κ3) is 2.60. The number of nitro groups is 1. The minimum Gasteiger partial charge on any atom is -0.404 e. The lowest BCUT2D eigenvalue weighted by Gasteiger charge is -2.13. The SMILES string of the molecule is CNC(c1ccc(Br)cc1)c1ccc([N+](=O)[O-])o1. The lowest BCUT2D eigenvalue weighted by molar-refractivity contribution is -0.402. The number of nitrogens with one attached hydrogen (secondary N) is 1. The Balaban J connectivity index is 2.32. The first-order chi connectivity index (χ1) is 8.61. The molecule has 1 aromatic heterocycles. The minimum atomic E-state index is -0.544. The van der Waals surface area contributed by atoms with Crippen LogP contribution in [0.25, 0.3) is 0 Å². The molecule has 1 heterocycles. The summed E-state index contributed by atoms with van der Waals surface area (Å²) in [5, 5.41) is 13.7. The Kier molecular flexibility index (Phi) is 3.78. The lowest BCUT2D eigenvalue weighted by atomic mass is 10.1. The third-order valence-corrected chi connectivity index (χ3v) is 3.10. The van der Waals surface area contributed by atoms with E-state index >= 15 is 0 Å². The highest BCUT2D eigenvalue weighted by Gasteiger charge is 2.19. The van der Waals surface area contributed by atoms with E-state index in [4.69, 9.17) is 4.42 Å². The van der Waals surface area contributed by atoms with E-state index in [2.05, 4.69) is 21.2 Å². The summed E-state index contributed by atoms with van der Waals surface area (Å²) in [4.78, 5) is 10.0. The van der Waals surface area contributed by atoms with Crippen molar-refractivity contribution in [1.82, 2.24) is 5.32 Å². The van der Waals surface area contributed by atoms with Gasteiger partial charge in [0.15, 0.2) is 0 Å². The molecule has 6 heteroatoms. The second-order valence-corrected chi connectivity index (χ2v) is 4.62. The summed E-state index contributed by atoms with van der Waals surface area (Å²) in [5.41, 5.74) is 0.977. The molecule has 0 fully saturated rings. The van der Waals surface area contributed by atoms with Gasteiger partial charge in [-0.2, -0.15) is 0 Å². The zero-order valence-corrected chi connectivity index (χ0v) is 11.2. The number of benzene rings is 1. The zero-order valence-electron chi connectivity index (χ0n) is 9.59. The smallest absolute Gasteiger partial charge is 0.404 e. The molecule has 1 N–H and O–H groups in total. The summed E-state index contributed by atoms with van der Waals surface area (Å²) >= 11 is 3.36. The molecule has 2 rings (SSSR count). The number of furan rings is 1. The van der Waals surface area contributed by atoms with Crippen molar-refractivity contribution in [3.05, 3.63) is 62.3 Å². The predicted molar refractivity (Wildman–Crippen MR) is 70.4 cm³/mol. The molecular formula is C12H11BrN2O3. The highest BCUT2D eigenvalue weighted by molar-refractivity contribution is 9.10. The topological polar surface area (TPSA) is 68.3 Å². The number of nitrogens with zero attached hydrogens (tertiary/aromatic N) is 1. The quantitative estimate of drug-likeness (QED) is 0.695. The lowest BCUT2D eigenvalue weighted by Crippen LogP contribution is -2.16. The zero-order chi connectivity index (χ0) is 13.1. The Morgan fingerprint density at radius 2 is 1.94 bits per heavy atom. The Morgan fingerprint density at radius 1 is 1.28 bits per heavy atom. The average molecular weight is 311 g/mol. The van der Waals surface area contributed by atoms with Crippen LogP contribution in [0.15, 0.2) is 45.3 Å². The van der Waals surface area contributed by atoms with Gasteiger partial charge < -0.3 is 9.73 Å². The first kappa shape index (κ1) is 12.8. The Hall–Kier alpha value is -1.66. The van der Waals surface area contributed by atoms with Gasteiger partial charge >= 0.3 is 5.88 Å². The van der Waals surface area contributed by atoms with Crippen LogP contribution in [0.3, 0.4) is 0 Å². The summed E-state index contributed by atoms with van der Waals surface area (Å²) in [5.74, 6) is 0.272. The normalized spacial score (nSPS) is 12.3. The van der Waals surface area contributed by atoms with Gasteiger partial charge in [0.1, 0.15) is 10.7 Å². The van der Waals surface area contributed by atoms with Crippen molar-refractivity contribution < 1.29 is 9.34 Å². The average Bonchev–Trinajstić information content (AvgIpc) is 2.82. The summed E-state index contributed by atoms with van der Waals surface area (Å²) in [7, 11) is 1.78. The molecule has 0 radical (unpaired) electrons. The molecule has 0 aliphatic carbocycles. The molecule has 0 saturated carbocycles. The molecule has 5 nitrogen and oxygen atoms in total. The molecular weight excluding hydrogens is 300 g/mol. The maximum atomic E-state index is 10.6. The minimum absolute atomic E-state index is 0.202. The maximum absolute atomic E-state index is 10.6. The first-order valence-electron chi connectivity index (χ1n) is 5.28. The van der Waals surface area contributed by atoms with Crippen molar-refractivity contribution in [2.75, 3.05) is 7.05 Å². The highest BCUT2D eigenvalue weighted by Crippen LogP contribution is 2.27. The maximum Gasteiger partial charge on any atom is 0.433 e. The number of hydrogen-bond acceptors (Lipinski definition) is 4. The summed E-state index contributed by atoms with van der Waals surface area (Å²) in [6.45, 7) is 0. The Morgan fingerprint density at radius 3 is 2.44 bits per heavy atom. The van der Waals surface area contributed by atoms with Gasteiger partial charge in [-0.3, -0.25) is 10.1 Å². The van der Waals surface area contributed by atoms with Crippen LogP contribution in [0, 0.1) is 10.1 Å². The van der Waals surface area contributed by atoms with Gasteiger partial charge in [-0.25, -0.2) is 0 Å². The molecule has 18 heavy (non-hydrogen) atoms. The van der Waals surface area contributed by atoms with Crippen LogP contribution in [0.4, 0.5) is 5.88 Å². The molecule has 0 saturated heterocycles. The fraction of sp³-hybridized carbons (Fsp3) is 0.167. The molecule has 0 bridgehead atoms. The van der Waals surface area contributed by atoms with Crippen LogP contribution in [0.5, 0.6) is 0 Å². The summed E-state index contributed by atoms with van der Waals surface area (Å²) < 4.78 is 6.19. The molecule has 0 aliphatic heterocycles. The van der Waals surface area contributed by atoms with Crippen LogP contribution in [-0.2, 0) is 0 Å². The van der Waals surface area contributed by atoms with Gasteiger partial charge in [0, 0.05) is 4.47 Å². The van der Waals surface area contributed by atoms with Gasteiger partial charge in [-0.05, 0) is 30.8 Å². The molecule has 94 valence electrons. The van der Waals surface area contributed by atoms with Crippen molar-refractivity contribution >= 4 is 21.8 Å². The largest absolute Gasteiger partial charge is 0.433 e. The second-order valence-electron chi connectivity index (χ2n) is 3.71. The molecule has 1 aromatic carbocycles. The van der Waals surface area contributed by atoms with Crippen molar-refractivity contribution in [3.63, 3.8) is 0 Å². The number of rotatable bonds is 4. The summed E-state index contributed by atoms with van der Waals surface area (Å²) in [6.07, 6.45) is 0. The van der Waals surface area contributed by atoms with Crippen LogP contribution in [0.2, 0.25) is 0 Å². The van der Waals surface area contributed by atoms with E-state index < -0.39 is 4.92 Å². The van der Waals surface area contributed by atoms with Crippen LogP contribution < -0.4 is 5.32 Å². The van der Waals surface area contributed by atoms with Crippen molar-refractivity contribution in [3.8, 4) is 0 Å². The second kappa shape index (κ2) is 5.32. The molecule has 0 aliphatic rings. The molecule has 1 unspecified atom stereocenters. The van der Waals surface area contributed by atoms with Gasteiger partial charge in [0.2, 0.25) is 0 Å². The van der Waals surface area contributed by atoms with Crippen molar-refractivity contribution in [2.24, 2.45) is 0 Å². The summed E-state index contributed by atoms with van der Waals surface area (Å²) in [6, 6.07) is 10.5. The van der Waals surface area contributed by atoms with Gasteiger partial charge in [-0.15, -0.1) is 0 Å². The van der Waals surface area contributed by atoms with Gasteiger partial charge in [-0.1, -0.05) is 28.1 Å². The molecule has 1 atom stereocenters. The first-order valence-corrected chi connectivity index (χ1v) is 6.08. The Labute approximate surface area is 112 Å². The monoisotopic (exact) mass is 310 g/mol. The molecule has 0 amide bonds.